The van der Waals surface area contributed by atoms with Crippen LogP contribution < -0.4 is 4.72 Å². The third-order valence-electron chi connectivity index (χ3n) is 2.99. The number of allylic oxidation sites excluding steroid dienone is 2. The molecule has 0 aromatic carbocycles. The van der Waals surface area contributed by atoms with E-state index in [9.17, 15) is 4.79 Å². The highest BCUT2D eigenvalue weighted by Gasteiger charge is 2.01. The first kappa shape index (κ1) is 14.6. The first-order valence-corrected chi connectivity index (χ1v) is 7.94. The van der Waals surface area contributed by atoms with E-state index in [-0.39, 0.29) is 5.91 Å². The molecule has 0 aromatic heterocycles. The lowest BCUT2D eigenvalue weighted by Crippen LogP contribution is -2.15. The highest BCUT2D eigenvalue weighted by Crippen LogP contribution is 2.10. The lowest BCUT2D eigenvalue weighted by atomic mass is 10.1. The minimum atomic E-state index is 0.210. The SMILES string of the molecule is O=C1CCCCCCC/C=C\CCCCSN1. The average molecular weight is 255 g/mol. The Balaban J connectivity index is 2.18. The summed E-state index contributed by atoms with van der Waals surface area (Å²) in [6, 6.07) is 0. The van der Waals surface area contributed by atoms with Crippen LogP contribution >= 0.6 is 11.9 Å². The van der Waals surface area contributed by atoms with Gasteiger partial charge in [0.1, 0.15) is 0 Å². The number of amides is 1. The third-order valence-corrected chi connectivity index (χ3v) is 3.86. The number of nitrogens with one attached hydrogen (secondary N) is 1. The van der Waals surface area contributed by atoms with Crippen LogP contribution in [0, 0.1) is 0 Å². The summed E-state index contributed by atoms with van der Waals surface area (Å²) in [5, 5.41) is 0. The lowest BCUT2D eigenvalue weighted by molar-refractivity contribution is -0.119. The summed E-state index contributed by atoms with van der Waals surface area (Å²) in [7, 11) is 0. The fraction of sp³-hybridized carbons (Fsp3) is 0.786. The number of carbonyl (C=O) groups excluding carboxylic acids is 1. The molecule has 1 heterocycles. The smallest absolute Gasteiger partial charge is 0.229 e. The van der Waals surface area contributed by atoms with Gasteiger partial charge in [0.15, 0.2) is 0 Å². The topological polar surface area (TPSA) is 29.1 Å². The van der Waals surface area contributed by atoms with Gasteiger partial charge in [-0.3, -0.25) is 4.79 Å². The van der Waals surface area contributed by atoms with Gasteiger partial charge in [0, 0.05) is 12.2 Å². The van der Waals surface area contributed by atoms with Crippen molar-refractivity contribution < 1.29 is 4.79 Å². The number of carbonyl (C=O) groups is 1. The molecule has 3 heteroatoms. The van der Waals surface area contributed by atoms with E-state index in [1.807, 2.05) is 0 Å². The molecule has 0 spiro atoms. The maximum atomic E-state index is 11.4. The van der Waals surface area contributed by atoms with Gasteiger partial charge in [-0.25, -0.2) is 0 Å². The Labute approximate surface area is 110 Å². The van der Waals surface area contributed by atoms with E-state index >= 15 is 0 Å². The van der Waals surface area contributed by atoms with Crippen molar-refractivity contribution in [2.45, 2.75) is 64.2 Å². The maximum absolute atomic E-state index is 11.4. The molecule has 0 saturated carbocycles. The van der Waals surface area contributed by atoms with Crippen LogP contribution in [0.4, 0.5) is 0 Å². The molecule has 0 bridgehead atoms. The van der Waals surface area contributed by atoms with Gasteiger partial charge in [0.05, 0.1) is 0 Å². The standard InChI is InChI=1S/C14H25NOS/c16-14-12-10-8-6-4-2-1-3-5-7-9-11-13-17-15-14/h3,5H,1-2,4,6-13H2,(H,15,16)/b5-3-. The molecule has 1 N–H and O–H groups in total. The second-order valence-corrected chi connectivity index (χ2v) is 5.55. The Morgan fingerprint density at radius 3 is 2.35 bits per heavy atom. The van der Waals surface area contributed by atoms with Crippen molar-refractivity contribution in [3.05, 3.63) is 12.2 Å². The highest BCUT2D eigenvalue weighted by atomic mass is 32.2. The Kier molecular flexibility index (Phi) is 9.20. The molecule has 1 rings (SSSR count). The van der Waals surface area contributed by atoms with Crippen LogP contribution in [-0.2, 0) is 4.79 Å². The quantitative estimate of drug-likeness (QED) is 0.518. The van der Waals surface area contributed by atoms with E-state index in [0.717, 1.165) is 12.2 Å². The second-order valence-electron chi connectivity index (χ2n) is 4.65. The van der Waals surface area contributed by atoms with E-state index < -0.39 is 0 Å². The van der Waals surface area contributed by atoms with Gasteiger partial charge < -0.3 is 4.72 Å². The molecular weight excluding hydrogens is 230 g/mol. The summed E-state index contributed by atoms with van der Waals surface area (Å²) in [6.07, 6.45) is 16.3. The summed E-state index contributed by atoms with van der Waals surface area (Å²) >= 11 is 1.57. The fourth-order valence-corrected chi connectivity index (χ4v) is 2.65. The number of rotatable bonds is 0. The Hall–Kier alpha value is -0.440. The first-order valence-electron chi connectivity index (χ1n) is 6.95. The summed E-state index contributed by atoms with van der Waals surface area (Å²) < 4.78 is 2.92. The van der Waals surface area contributed by atoms with Crippen LogP contribution in [0.15, 0.2) is 12.2 Å². The number of hydrogen-bond acceptors (Lipinski definition) is 2. The lowest BCUT2D eigenvalue weighted by Gasteiger charge is -2.05. The number of hydrogen-bond donors (Lipinski definition) is 1. The van der Waals surface area contributed by atoms with Gasteiger partial charge in [-0.05, 0) is 38.5 Å². The van der Waals surface area contributed by atoms with Crippen LogP contribution in [0.25, 0.3) is 0 Å². The van der Waals surface area contributed by atoms with Gasteiger partial charge in [-0.1, -0.05) is 43.4 Å². The van der Waals surface area contributed by atoms with Crippen LogP contribution in [0.3, 0.4) is 0 Å². The molecule has 0 aromatic rings. The first-order chi connectivity index (χ1) is 8.39. The Bertz CT molecular complexity index is 228. The normalized spacial score (nSPS) is 23.9. The molecule has 1 aliphatic heterocycles. The molecule has 1 aliphatic rings. The van der Waals surface area contributed by atoms with Gasteiger partial charge in [0.25, 0.3) is 0 Å². The molecule has 98 valence electrons. The summed E-state index contributed by atoms with van der Waals surface area (Å²) in [5.74, 6) is 1.25. The molecule has 17 heavy (non-hydrogen) atoms. The molecule has 0 saturated heterocycles. The highest BCUT2D eigenvalue weighted by molar-refractivity contribution is 7.97. The minimum absolute atomic E-state index is 0.210. The molecule has 2 nitrogen and oxygen atoms in total. The van der Waals surface area contributed by atoms with Gasteiger partial charge in [-0.2, -0.15) is 0 Å². The zero-order valence-corrected chi connectivity index (χ0v) is 11.6. The van der Waals surface area contributed by atoms with E-state index in [0.29, 0.717) is 6.42 Å². The van der Waals surface area contributed by atoms with Crippen LogP contribution in [0.2, 0.25) is 0 Å². The van der Waals surface area contributed by atoms with Gasteiger partial charge in [0.2, 0.25) is 5.91 Å². The van der Waals surface area contributed by atoms with Crippen molar-refractivity contribution in [1.82, 2.24) is 4.72 Å². The van der Waals surface area contributed by atoms with Gasteiger partial charge >= 0.3 is 0 Å². The minimum Gasteiger partial charge on any atom is -0.300 e. The zero-order chi connectivity index (χ0) is 12.2. The van der Waals surface area contributed by atoms with Crippen molar-refractivity contribution >= 4 is 17.9 Å². The van der Waals surface area contributed by atoms with Crippen molar-refractivity contribution in [3.8, 4) is 0 Å². The fourth-order valence-electron chi connectivity index (χ4n) is 1.93. The maximum Gasteiger partial charge on any atom is 0.229 e. The predicted molar refractivity (Wildman–Crippen MR) is 75.9 cm³/mol. The third kappa shape index (κ3) is 9.28. The van der Waals surface area contributed by atoms with Crippen LogP contribution in [0.5, 0.6) is 0 Å². The van der Waals surface area contributed by atoms with E-state index in [1.165, 1.54) is 51.4 Å². The molecular formula is C14H25NOS. The molecule has 0 aliphatic carbocycles. The Morgan fingerprint density at radius 2 is 1.53 bits per heavy atom. The van der Waals surface area contributed by atoms with E-state index in [2.05, 4.69) is 16.9 Å². The molecule has 0 unspecified atom stereocenters. The summed E-state index contributed by atoms with van der Waals surface area (Å²) in [5.41, 5.74) is 0. The summed E-state index contributed by atoms with van der Waals surface area (Å²) in [4.78, 5) is 11.4. The predicted octanol–water partition coefficient (Wildman–Crippen LogP) is 4.22. The van der Waals surface area contributed by atoms with Crippen molar-refractivity contribution in [3.63, 3.8) is 0 Å². The van der Waals surface area contributed by atoms with Crippen molar-refractivity contribution in [2.75, 3.05) is 5.75 Å². The zero-order valence-electron chi connectivity index (χ0n) is 10.7. The monoisotopic (exact) mass is 255 g/mol. The van der Waals surface area contributed by atoms with E-state index in [1.54, 1.807) is 11.9 Å². The van der Waals surface area contributed by atoms with Crippen LogP contribution in [0.1, 0.15) is 64.2 Å². The largest absolute Gasteiger partial charge is 0.300 e. The van der Waals surface area contributed by atoms with Crippen molar-refractivity contribution in [2.24, 2.45) is 0 Å². The Morgan fingerprint density at radius 1 is 0.882 bits per heavy atom. The molecule has 0 atom stereocenters. The van der Waals surface area contributed by atoms with Gasteiger partial charge in [-0.15, -0.1) is 0 Å². The van der Waals surface area contributed by atoms with Crippen LogP contribution in [-0.4, -0.2) is 11.7 Å². The molecule has 0 fully saturated rings. The molecule has 0 radical (unpaired) electrons. The second kappa shape index (κ2) is 10.7. The summed E-state index contributed by atoms with van der Waals surface area (Å²) in [6.45, 7) is 0. The van der Waals surface area contributed by atoms with Crippen molar-refractivity contribution in [1.29, 1.82) is 0 Å². The van der Waals surface area contributed by atoms with E-state index in [4.69, 9.17) is 0 Å². The average Bonchev–Trinajstić information content (AvgIpc) is 2.32. The molecule has 1 amide bonds.